The first-order valence-electron chi connectivity index (χ1n) is 13.6. The lowest BCUT2D eigenvalue weighted by Crippen LogP contribution is -2.61. The van der Waals surface area contributed by atoms with E-state index in [1.807, 2.05) is 6.92 Å². The van der Waals surface area contributed by atoms with Crippen molar-refractivity contribution < 1.29 is 28.3 Å². The van der Waals surface area contributed by atoms with E-state index < -0.39 is 23.7 Å². The smallest absolute Gasteiger partial charge is 0.269 e. The number of morpholine rings is 1. The normalized spacial score (nSPS) is 18.0. The molecule has 3 heterocycles. The number of hydrogen-bond donors (Lipinski definition) is 3. The molecule has 0 radical (unpaired) electrons. The molecule has 0 bridgehead atoms. The maximum atomic E-state index is 14.9. The first kappa shape index (κ1) is 29.2. The third-order valence-corrected chi connectivity index (χ3v) is 7.11. The van der Waals surface area contributed by atoms with Crippen molar-refractivity contribution in [2.45, 2.75) is 45.3 Å². The van der Waals surface area contributed by atoms with Gasteiger partial charge in [0.2, 0.25) is 17.7 Å². The summed E-state index contributed by atoms with van der Waals surface area (Å²) in [6.45, 7) is 7.55. The van der Waals surface area contributed by atoms with Crippen molar-refractivity contribution >= 4 is 29.3 Å². The fraction of sp³-hybridized carbons (Fsp3) is 0.519. The molecule has 0 aliphatic carbocycles. The van der Waals surface area contributed by atoms with Crippen molar-refractivity contribution in [1.82, 2.24) is 30.2 Å². The molecule has 2 saturated heterocycles. The molecular weight excluding hydrogens is 521 g/mol. The Labute approximate surface area is 232 Å². The van der Waals surface area contributed by atoms with E-state index >= 15 is 0 Å². The monoisotopic (exact) mass is 557 g/mol. The molecule has 2 fully saturated rings. The molecule has 2 aliphatic heterocycles. The molecule has 4 amide bonds. The van der Waals surface area contributed by atoms with Crippen molar-refractivity contribution in [1.29, 1.82) is 0 Å². The maximum Gasteiger partial charge on any atom is 0.269 e. The Bertz CT molecular complexity index is 1240. The molecule has 0 saturated carbocycles. The number of nitrogens with one attached hydrogen (secondary N) is 3. The highest BCUT2D eigenvalue weighted by Gasteiger charge is 2.34. The second kappa shape index (κ2) is 13.5. The van der Waals surface area contributed by atoms with Crippen molar-refractivity contribution in [2.75, 3.05) is 51.3 Å². The van der Waals surface area contributed by atoms with Crippen LogP contribution in [0.25, 0.3) is 0 Å². The minimum absolute atomic E-state index is 0.0597. The first-order valence-corrected chi connectivity index (χ1v) is 13.6. The van der Waals surface area contributed by atoms with Crippen LogP contribution in [0.5, 0.6) is 0 Å². The number of nitrogens with zero attached hydrogens (tertiary/aromatic N) is 4. The van der Waals surface area contributed by atoms with E-state index in [1.54, 1.807) is 24.0 Å². The number of fused-ring (bicyclic) bond motifs is 1. The minimum atomic E-state index is -0.852. The topological polar surface area (TPSA) is 138 Å². The van der Waals surface area contributed by atoms with Crippen molar-refractivity contribution in [3.8, 4) is 0 Å². The summed E-state index contributed by atoms with van der Waals surface area (Å²) < 4.78 is 22.0. The number of hydrogen-bond acceptors (Lipinski definition) is 7. The fourth-order valence-corrected chi connectivity index (χ4v) is 4.91. The van der Waals surface area contributed by atoms with Gasteiger partial charge in [0.25, 0.3) is 5.91 Å². The second-order valence-electron chi connectivity index (χ2n) is 9.80. The number of amides is 4. The van der Waals surface area contributed by atoms with Gasteiger partial charge in [0.1, 0.15) is 17.6 Å². The Balaban J connectivity index is 1.36. The summed E-state index contributed by atoms with van der Waals surface area (Å²) in [6.07, 6.45) is 1.80. The molecule has 216 valence electrons. The van der Waals surface area contributed by atoms with Crippen LogP contribution >= 0.6 is 0 Å². The molecule has 3 N–H and O–H groups in total. The average Bonchev–Trinajstić information content (AvgIpc) is 3.45. The van der Waals surface area contributed by atoms with Gasteiger partial charge in [0.05, 0.1) is 31.5 Å². The lowest BCUT2D eigenvalue weighted by Gasteiger charge is -2.44. The standard InChI is InChI=1S/C27H36FN7O5/c1-3-24(36)32-22(27(39)34-10-9-33-11-12-40-17-19(33)16-34)14-18-5-6-21(20(28)13-18)31-25(37)15-29-26(38)23-7-8-30-35(23)4-2/h5-8,13,19,22H,3-4,9-12,14-17H2,1-2H3,(H,29,38)(H,31,37)(H,32,36). The number of aromatic nitrogens is 2. The molecule has 2 aliphatic rings. The van der Waals surface area contributed by atoms with Gasteiger partial charge in [-0.1, -0.05) is 13.0 Å². The summed E-state index contributed by atoms with van der Waals surface area (Å²) in [5.74, 6) is -2.25. The highest BCUT2D eigenvalue weighted by Crippen LogP contribution is 2.19. The van der Waals surface area contributed by atoms with Crippen LogP contribution in [0.3, 0.4) is 0 Å². The molecule has 1 aromatic carbocycles. The molecule has 13 heteroatoms. The maximum absolute atomic E-state index is 14.9. The summed E-state index contributed by atoms with van der Waals surface area (Å²) in [7, 11) is 0. The number of carbonyl (C=O) groups is 4. The van der Waals surface area contributed by atoms with E-state index in [0.29, 0.717) is 44.1 Å². The summed E-state index contributed by atoms with van der Waals surface area (Å²) >= 11 is 0. The molecule has 40 heavy (non-hydrogen) atoms. The largest absolute Gasteiger partial charge is 0.378 e. The zero-order valence-electron chi connectivity index (χ0n) is 22.8. The van der Waals surface area contributed by atoms with Crippen LogP contribution in [0.4, 0.5) is 10.1 Å². The lowest BCUT2D eigenvalue weighted by molar-refractivity contribution is -0.141. The van der Waals surface area contributed by atoms with Gasteiger partial charge in [-0.25, -0.2) is 4.39 Å². The molecule has 2 atom stereocenters. The SMILES string of the molecule is CCC(=O)NC(Cc1ccc(NC(=O)CNC(=O)c2ccnn2CC)c(F)c1)C(=O)N1CCN2CCOCC2C1. The molecule has 4 rings (SSSR count). The van der Waals surface area contributed by atoms with Gasteiger partial charge in [-0.05, 0) is 30.7 Å². The molecule has 2 unspecified atom stereocenters. The molecule has 2 aromatic rings. The number of anilines is 1. The van der Waals surface area contributed by atoms with Crippen LogP contribution in [0.15, 0.2) is 30.5 Å². The summed E-state index contributed by atoms with van der Waals surface area (Å²) in [5.41, 5.74) is 0.751. The van der Waals surface area contributed by atoms with Crippen LogP contribution in [0, 0.1) is 5.82 Å². The number of halogens is 1. The van der Waals surface area contributed by atoms with Gasteiger partial charge in [0.15, 0.2) is 0 Å². The van der Waals surface area contributed by atoms with E-state index in [0.717, 1.165) is 13.1 Å². The van der Waals surface area contributed by atoms with Gasteiger partial charge in [-0.3, -0.25) is 28.8 Å². The predicted octanol–water partition coefficient (Wildman–Crippen LogP) is 0.391. The van der Waals surface area contributed by atoms with E-state index in [2.05, 4.69) is 25.9 Å². The Morgan fingerprint density at radius 3 is 2.70 bits per heavy atom. The average molecular weight is 558 g/mol. The van der Waals surface area contributed by atoms with Crippen molar-refractivity contribution in [3.63, 3.8) is 0 Å². The van der Waals surface area contributed by atoms with E-state index in [-0.39, 0.29) is 42.9 Å². The van der Waals surface area contributed by atoms with Crippen LogP contribution in [-0.4, -0.2) is 101 Å². The third-order valence-electron chi connectivity index (χ3n) is 7.11. The summed E-state index contributed by atoms with van der Waals surface area (Å²) in [5, 5.41) is 11.7. The number of ether oxygens (including phenoxy) is 1. The Morgan fingerprint density at radius 2 is 1.95 bits per heavy atom. The van der Waals surface area contributed by atoms with E-state index in [4.69, 9.17) is 4.74 Å². The number of aryl methyl sites for hydroxylation is 1. The van der Waals surface area contributed by atoms with Crippen LogP contribution < -0.4 is 16.0 Å². The van der Waals surface area contributed by atoms with E-state index in [9.17, 15) is 23.6 Å². The second-order valence-corrected chi connectivity index (χ2v) is 9.80. The lowest BCUT2D eigenvalue weighted by atomic mass is 10.0. The zero-order chi connectivity index (χ0) is 28.6. The Hall–Kier alpha value is -3.84. The van der Waals surface area contributed by atoms with Gasteiger partial charge in [-0.15, -0.1) is 0 Å². The molecule has 1 aromatic heterocycles. The number of carbonyl (C=O) groups excluding carboxylic acids is 4. The summed E-state index contributed by atoms with van der Waals surface area (Å²) in [6, 6.07) is 5.04. The Kier molecular flexibility index (Phi) is 9.83. The number of rotatable bonds is 10. The third kappa shape index (κ3) is 7.21. The predicted molar refractivity (Wildman–Crippen MR) is 144 cm³/mol. The highest BCUT2D eigenvalue weighted by molar-refractivity contribution is 5.98. The van der Waals surface area contributed by atoms with Gasteiger partial charge in [0, 0.05) is 51.8 Å². The number of benzene rings is 1. The van der Waals surface area contributed by atoms with Gasteiger partial charge >= 0.3 is 0 Å². The van der Waals surface area contributed by atoms with Crippen LogP contribution in [0.2, 0.25) is 0 Å². The first-order chi connectivity index (χ1) is 19.3. The van der Waals surface area contributed by atoms with Gasteiger partial charge in [-0.2, -0.15) is 5.10 Å². The van der Waals surface area contributed by atoms with Gasteiger partial charge < -0.3 is 25.6 Å². The molecule has 12 nitrogen and oxygen atoms in total. The molecular formula is C27H36FN7O5. The zero-order valence-corrected chi connectivity index (χ0v) is 22.8. The quantitative estimate of drug-likeness (QED) is 0.384. The highest BCUT2D eigenvalue weighted by atomic mass is 19.1. The fourth-order valence-electron chi connectivity index (χ4n) is 4.91. The van der Waals surface area contributed by atoms with Crippen molar-refractivity contribution in [3.05, 3.63) is 47.5 Å². The van der Waals surface area contributed by atoms with Crippen molar-refractivity contribution in [2.24, 2.45) is 0 Å². The molecule has 0 spiro atoms. The minimum Gasteiger partial charge on any atom is -0.378 e. The van der Waals surface area contributed by atoms with E-state index in [1.165, 1.54) is 23.0 Å². The van der Waals surface area contributed by atoms with Crippen LogP contribution in [0.1, 0.15) is 36.3 Å². The summed E-state index contributed by atoms with van der Waals surface area (Å²) in [4.78, 5) is 54.4. The number of piperazine rings is 1. The van der Waals surface area contributed by atoms with Crippen LogP contribution in [-0.2, 0) is 32.1 Å². The Morgan fingerprint density at radius 1 is 1.12 bits per heavy atom.